The van der Waals surface area contributed by atoms with E-state index >= 15 is 0 Å². The molecule has 8 nitrogen and oxygen atoms in total. The summed E-state index contributed by atoms with van der Waals surface area (Å²) in [4.78, 5) is 20.7. The largest absolute Gasteiger partial charge is 0.444 e. The molecule has 40 heavy (non-hydrogen) atoms. The molecule has 3 aliphatic carbocycles. The van der Waals surface area contributed by atoms with Crippen molar-refractivity contribution in [2.24, 2.45) is 16.7 Å². The number of anilines is 1. The van der Waals surface area contributed by atoms with Crippen molar-refractivity contribution < 1.29 is 17.6 Å². The number of aromatic nitrogens is 1. The number of carbonyl (C=O) groups excluding carboxylic acids is 1. The zero-order valence-electron chi connectivity index (χ0n) is 24.0. The number of hydrogen-bond acceptors (Lipinski definition) is 7. The fourth-order valence-corrected chi connectivity index (χ4v) is 8.22. The zero-order chi connectivity index (χ0) is 28.5. The number of nitriles is 1. The summed E-state index contributed by atoms with van der Waals surface area (Å²) >= 11 is 0. The first kappa shape index (κ1) is 27.3. The Morgan fingerprint density at radius 2 is 1.68 bits per heavy atom. The Hall–Kier alpha value is -2.86. The molecule has 2 aromatic rings. The van der Waals surface area contributed by atoms with Gasteiger partial charge in [-0.25, -0.2) is 13.4 Å². The fraction of sp³-hybridized carbons (Fsp3) is 0.645. The van der Waals surface area contributed by atoms with Gasteiger partial charge in [-0.1, -0.05) is 52.7 Å². The van der Waals surface area contributed by atoms with Crippen molar-refractivity contribution in [3.63, 3.8) is 0 Å². The van der Waals surface area contributed by atoms with Crippen LogP contribution >= 0.6 is 0 Å². The smallest absolute Gasteiger partial charge is 0.225 e. The number of rotatable bonds is 6. The summed E-state index contributed by atoms with van der Waals surface area (Å²) in [5.41, 5.74) is 2.15. The second-order valence-corrected chi connectivity index (χ2v) is 15.8. The van der Waals surface area contributed by atoms with E-state index in [0.717, 1.165) is 54.3 Å². The highest BCUT2D eigenvalue weighted by molar-refractivity contribution is 7.91. The summed E-state index contributed by atoms with van der Waals surface area (Å²) < 4.78 is 30.5. The Balaban J connectivity index is 1.34. The minimum atomic E-state index is -2.95. The van der Waals surface area contributed by atoms with Crippen molar-refractivity contribution >= 4 is 21.4 Å². The number of nitrogens with zero attached hydrogens (tertiary/aromatic N) is 3. The van der Waals surface area contributed by atoms with Crippen LogP contribution in [0.4, 0.5) is 5.69 Å². The molecule has 214 valence electrons. The van der Waals surface area contributed by atoms with Gasteiger partial charge < -0.3 is 14.6 Å². The Morgan fingerprint density at radius 1 is 1.05 bits per heavy atom. The lowest BCUT2D eigenvalue weighted by Crippen LogP contribution is -2.42. The molecular weight excluding hydrogens is 524 g/mol. The van der Waals surface area contributed by atoms with Crippen molar-refractivity contribution in [1.29, 1.82) is 5.26 Å². The van der Waals surface area contributed by atoms with Gasteiger partial charge in [-0.05, 0) is 48.6 Å². The Kier molecular flexibility index (Phi) is 6.38. The van der Waals surface area contributed by atoms with E-state index in [1.165, 1.54) is 0 Å². The maximum atomic E-state index is 13.5. The third-order valence-electron chi connectivity index (χ3n) is 10.6. The van der Waals surface area contributed by atoms with Crippen LogP contribution in [0.5, 0.6) is 0 Å². The van der Waals surface area contributed by atoms with Gasteiger partial charge in [0.15, 0.2) is 15.7 Å². The molecule has 1 aliphatic heterocycles. The average Bonchev–Trinajstić information content (AvgIpc) is 3.69. The molecule has 2 heterocycles. The third-order valence-corrected chi connectivity index (χ3v) is 12.2. The molecule has 3 saturated carbocycles. The summed E-state index contributed by atoms with van der Waals surface area (Å²) in [6, 6.07) is 10.4. The highest BCUT2D eigenvalue weighted by Gasteiger charge is 2.67. The van der Waals surface area contributed by atoms with Crippen LogP contribution in [0.15, 0.2) is 28.7 Å². The number of amides is 1. The van der Waals surface area contributed by atoms with E-state index in [0.29, 0.717) is 25.9 Å². The van der Waals surface area contributed by atoms with E-state index in [4.69, 9.17) is 9.40 Å². The first-order valence-electron chi connectivity index (χ1n) is 14.7. The van der Waals surface area contributed by atoms with Gasteiger partial charge in [0.05, 0.1) is 17.6 Å². The lowest BCUT2D eigenvalue weighted by Gasteiger charge is -2.30. The predicted octanol–water partition coefficient (Wildman–Crippen LogP) is 5.17. The summed E-state index contributed by atoms with van der Waals surface area (Å²) in [7, 11) is -2.95. The molecule has 9 heteroatoms. The molecule has 2 atom stereocenters. The van der Waals surface area contributed by atoms with Gasteiger partial charge in [0.1, 0.15) is 17.0 Å². The molecule has 6 rings (SSSR count). The third kappa shape index (κ3) is 4.62. The van der Waals surface area contributed by atoms with Gasteiger partial charge in [0.2, 0.25) is 5.91 Å². The maximum Gasteiger partial charge on any atom is 0.225 e. The molecule has 0 spiro atoms. The molecule has 4 aliphatic rings. The normalized spacial score (nSPS) is 27.9. The number of nitrogens with one attached hydrogen (secondary N) is 1. The molecule has 1 aromatic heterocycles. The molecule has 1 N–H and O–H groups in total. The second-order valence-electron chi connectivity index (χ2n) is 13.5. The van der Waals surface area contributed by atoms with Crippen molar-refractivity contribution in [1.82, 2.24) is 10.3 Å². The minimum Gasteiger partial charge on any atom is -0.444 e. The van der Waals surface area contributed by atoms with Crippen LogP contribution in [0, 0.1) is 28.1 Å². The van der Waals surface area contributed by atoms with E-state index in [1.807, 2.05) is 24.3 Å². The number of oxazole rings is 1. The lowest BCUT2D eigenvalue weighted by molar-refractivity contribution is -0.127. The number of sulfone groups is 1. The quantitative estimate of drug-likeness (QED) is 0.514. The second kappa shape index (κ2) is 9.34. The molecule has 0 unspecified atom stereocenters. The van der Waals surface area contributed by atoms with Gasteiger partial charge >= 0.3 is 0 Å². The van der Waals surface area contributed by atoms with Crippen molar-refractivity contribution in [3.05, 3.63) is 35.9 Å². The SMILES string of the molecule is CC1(C)C(c2nc(-c3ccc(N4CCS(=O)(=O)CC4)cc3)c([C@@H]3CCCC[C@H]3C(=O)NC3(C#N)CC3)o2)C1(C)C. The molecule has 0 bridgehead atoms. The summed E-state index contributed by atoms with van der Waals surface area (Å²) in [6.07, 6.45) is 5.04. The lowest BCUT2D eigenvalue weighted by atomic mass is 9.76. The van der Waals surface area contributed by atoms with Crippen LogP contribution < -0.4 is 10.2 Å². The monoisotopic (exact) mass is 564 g/mol. The standard InChI is InChI=1S/C31H40N4O4S/c1-29(2)26(30(29,3)4)28-33-24(20-9-11-21(12-10-20)35-15-17-40(37,38)18-16-35)25(39-28)22-7-5-6-8-23(22)27(36)34-31(19-32)13-14-31/h9-12,22-23,26H,5-8,13-18H2,1-4H3,(H,34,36)/t22-,23-/m1/s1. The Labute approximate surface area is 237 Å². The molecule has 1 saturated heterocycles. The van der Waals surface area contributed by atoms with Crippen LogP contribution in [0.1, 0.15) is 89.7 Å². The van der Waals surface area contributed by atoms with Crippen molar-refractivity contribution in [2.75, 3.05) is 29.5 Å². The van der Waals surface area contributed by atoms with E-state index < -0.39 is 15.4 Å². The summed E-state index contributed by atoms with van der Waals surface area (Å²) in [5, 5.41) is 12.6. The molecular formula is C31H40N4O4S. The first-order chi connectivity index (χ1) is 18.9. The van der Waals surface area contributed by atoms with E-state index in [2.05, 4.69) is 44.0 Å². The van der Waals surface area contributed by atoms with Crippen LogP contribution in [0.2, 0.25) is 0 Å². The highest BCUT2D eigenvalue weighted by Crippen LogP contribution is 2.73. The van der Waals surface area contributed by atoms with Gasteiger partial charge in [0, 0.05) is 42.1 Å². The molecule has 4 fully saturated rings. The van der Waals surface area contributed by atoms with E-state index in [1.54, 1.807) is 0 Å². The van der Waals surface area contributed by atoms with Gasteiger partial charge in [-0.15, -0.1) is 0 Å². The van der Waals surface area contributed by atoms with Gasteiger partial charge in [0.25, 0.3) is 0 Å². The van der Waals surface area contributed by atoms with E-state index in [-0.39, 0.29) is 46.0 Å². The van der Waals surface area contributed by atoms with Gasteiger partial charge in [-0.3, -0.25) is 4.79 Å². The average molecular weight is 565 g/mol. The predicted molar refractivity (Wildman–Crippen MR) is 154 cm³/mol. The van der Waals surface area contributed by atoms with Crippen molar-refractivity contribution in [2.45, 2.75) is 83.6 Å². The fourth-order valence-electron chi connectivity index (χ4n) is 7.02. The Bertz CT molecular complexity index is 1440. The van der Waals surface area contributed by atoms with Crippen LogP contribution in [-0.4, -0.2) is 49.4 Å². The molecule has 0 radical (unpaired) electrons. The first-order valence-corrected chi connectivity index (χ1v) is 16.5. The van der Waals surface area contributed by atoms with Crippen LogP contribution in [0.3, 0.4) is 0 Å². The van der Waals surface area contributed by atoms with Crippen LogP contribution in [0.25, 0.3) is 11.3 Å². The maximum absolute atomic E-state index is 13.5. The van der Waals surface area contributed by atoms with Crippen LogP contribution in [-0.2, 0) is 14.6 Å². The molecule has 1 aromatic carbocycles. The highest BCUT2D eigenvalue weighted by atomic mass is 32.2. The summed E-state index contributed by atoms with van der Waals surface area (Å²) in [6.45, 7) is 10.0. The zero-order valence-corrected chi connectivity index (χ0v) is 24.8. The van der Waals surface area contributed by atoms with Crippen molar-refractivity contribution in [3.8, 4) is 17.3 Å². The van der Waals surface area contributed by atoms with E-state index in [9.17, 15) is 18.5 Å². The van der Waals surface area contributed by atoms with Gasteiger partial charge in [-0.2, -0.15) is 5.26 Å². The summed E-state index contributed by atoms with van der Waals surface area (Å²) in [5.74, 6) is 1.66. The minimum absolute atomic E-state index is 0.0462. The number of carbonyl (C=O) groups is 1. The number of benzene rings is 1. The molecule has 1 amide bonds. The number of hydrogen-bond donors (Lipinski definition) is 1. The topological polar surface area (TPSA) is 116 Å². The Morgan fingerprint density at radius 3 is 2.25 bits per heavy atom.